The number of hydrogen-bond donors (Lipinski definition) is 1. The second kappa shape index (κ2) is 8.85. The topological polar surface area (TPSA) is 56.2 Å². The summed E-state index contributed by atoms with van der Waals surface area (Å²) in [6.45, 7) is 2.12. The van der Waals surface area contributed by atoms with Crippen molar-refractivity contribution in [2.75, 3.05) is 20.3 Å². The average Bonchev–Trinajstić information content (AvgIpc) is 3.43. The summed E-state index contributed by atoms with van der Waals surface area (Å²) >= 11 is 1.71. The van der Waals surface area contributed by atoms with Gasteiger partial charge in [-0.15, -0.1) is 11.3 Å². The Balaban J connectivity index is 1.33. The van der Waals surface area contributed by atoms with Gasteiger partial charge in [0.05, 0.1) is 24.9 Å². The maximum Gasteiger partial charge on any atom is 0.262 e. The molecule has 1 unspecified atom stereocenters. The standard InChI is InChI=1S/C25H31N3O2S/c1-30-14-13-28-17-27-23-22(24(28)29)20-10-9-19(15-21(20)31-23)26-16-25(11-5-6-12-25)18-7-3-2-4-8-18/h2-4,7-8,17,19,26H,5-6,9-16H2,1H3. The summed E-state index contributed by atoms with van der Waals surface area (Å²) in [4.78, 5) is 19.8. The van der Waals surface area contributed by atoms with Crippen LogP contribution in [0, 0.1) is 0 Å². The molecule has 3 aromatic rings. The van der Waals surface area contributed by atoms with E-state index in [0.29, 0.717) is 19.2 Å². The van der Waals surface area contributed by atoms with Crippen LogP contribution in [0.5, 0.6) is 0 Å². The lowest BCUT2D eigenvalue weighted by Gasteiger charge is -2.33. The molecule has 1 aromatic carbocycles. The van der Waals surface area contributed by atoms with Gasteiger partial charge in [-0.05, 0) is 43.2 Å². The van der Waals surface area contributed by atoms with E-state index in [-0.39, 0.29) is 11.0 Å². The number of nitrogens with one attached hydrogen (secondary N) is 1. The van der Waals surface area contributed by atoms with Crippen molar-refractivity contribution in [3.8, 4) is 0 Å². The molecule has 0 amide bonds. The Labute approximate surface area is 187 Å². The van der Waals surface area contributed by atoms with Crippen LogP contribution in [-0.2, 0) is 29.5 Å². The zero-order valence-corrected chi connectivity index (χ0v) is 19.0. The number of aryl methyl sites for hydroxylation is 1. The number of hydrogen-bond acceptors (Lipinski definition) is 5. The molecule has 0 aliphatic heterocycles. The molecule has 0 radical (unpaired) electrons. The van der Waals surface area contributed by atoms with Gasteiger partial charge in [-0.25, -0.2) is 4.98 Å². The summed E-state index contributed by atoms with van der Waals surface area (Å²) in [7, 11) is 1.66. The van der Waals surface area contributed by atoms with E-state index in [1.165, 1.54) is 41.7 Å². The summed E-state index contributed by atoms with van der Waals surface area (Å²) in [6, 6.07) is 11.5. The van der Waals surface area contributed by atoms with E-state index < -0.39 is 0 Å². The van der Waals surface area contributed by atoms with Crippen molar-refractivity contribution in [3.05, 3.63) is 63.0 Å². The van der Waals surface area contributed by atoms with E-state index in [2.05, 4.69) is 40.6 Å². The van der Waals surface area contributed by atoms with Crippen molar-refractivity contribution in [3.63, 3.8) is 0 Å². The molecule has 0 spiro atoms. The second-order valence-corrected chi connectivity index (χ2v) is 10.2. The Morgan fingerprint density at radius 2 is 2.06 bits per heavy atom. The number of aromatic nitrogens is 2. The van der Waals surface area contributed by atoms with Gasteiger partial charge < -0.3 is 10.1 Å². The van der Waals surface area contributed by atoms with Crippen LogP contribution in [0.4, 0.5) is 0 Å². The molecular formula is C25H31N3O2S. The van der Waals surface area contributed by atoms with E-state index in [1.54, 1.807) is 29.3 Å². The molecule has 2 aliphatic carbocycles. The third-order valence-corrected chi connectivity index (χ3v) is 8.41. The summed E-state index contributed by atoms with van der Waals surface area (Å²) in [6.07, 6.45) is 9.90. The van der Waals surface area contributed by atoms with Crippen LogP contribution >= 0.6 is 11.3 Å². The SMILES string of the molecule is COCCn1cnc2sc3c(c2c1=O)CCC(NCC1(c2ccccc2)CCCC1)C3. The molecule has 5 nitrogen and oxygen atoms in total. The van der Waals surface area contributed by atoms with Crippen LogP contribution in [-0.4, -0.2) is 35.9 Å². The quantitative estimate of drug-likeness (QED) is 0.606. The summed E-state index contributed by atoms with van der Waals surface area (Å²) in [5.41, 5.74) is 3.08. The predicted octanol–water partition coefficient (Wildman–Crippen LogP) is 4.06. The molecule has 0 bridgehead atoms. The Bertz CT molecular complexity index is 1100. The lowest BCUT2D eigenvalue weighted by molar-refractivity contribution is 0.186. The Kier molecular flexibility index (Phi) is 5.95. The van der Waals surface area contributed by atoms with E-state index in [1.807, 2.05) is 0 Å². The van der Waals surface area contributed by atoms with Crippen molar-refractivity contribution < 1.29 is 4.74 Å². The highest BCUT2D eigenvalue weighted by Crippen LogP contribution is 2.41. The highest BCUT2D eigenvalue weighted by atomic mass is 32.1. The first-order chi connectivity index (χ1) is 15.2. The largest absolute Gasteiger partial charge is 0.383 e. The number of benzene rings is 1. The van der Waals surface area contributed by atoms with Gasteiger partial charge in [0, 0.05) is 30.0 Å². The van der Waals surface area contributed by atoms with E-state index >= 15 is 0 Å². The molecule has 164 valence electrons. The van der Waals surface area contributed by atoms with Gasteiger partial charge in [0.25, 0.3) is 5.56 Å². The van der Waals surface area contributed by atoms with Gasteiger partial charge in [0.15, 0.2) is 0 Å². The van der Waals surface area contributed by atoms with Crippen LogP contribution in [0.1, 0.15) is 48.1 Å². The molecule has 31 heavy (non-hydrogen) atoms. The Hall–Kier alpha value is -2.02. The molecule has 1 N–H and O–H groups in total. The van der Waals surface area contributed by atoms with E-state index in [9.17, 15) is 4.79 Å². The maximum atomic E-state index is 13.0. The van der Waals surface area contributed by atoms with Gasteiger partial charge in [0.1, 0.15) is 4.83 Å². The molecule has 5 rings (SSSR count). The average molecular weight is 438 g/mol. The lowest BCUT2D eigenvalue weighted by Crippen LogP contribution is -2.43. The van der Waals surface area contributed by atoms with Gasteiger partial charge in [-0.2, -0.15) is 0 Å². The second-order valence-electron chi connectivity index (χ2n) is 9.09. The predicted molar refractivity (Wildman–Crippen MR) is 126 cm³/mol. The molecule has 1 saturated carbocycles. The fraction of sp³-hybridized carbons (Fsp3) is 0.520. The van der Waals surface area contributed by atoms with Crippen LogP contribution < -0.4 is 10.9 Å². The maximum absolute atomic E-state index is 13.0. The minimum absolute atomic E-state index is 0.0833. The zero-order chi connectivity index (χ0) is 21.3. The molecule has 2 heterocycles. The van der Waals surface area contributed by atoms with Gasteiger partial charge in [-0.1, -0.05) is 43.2 Å². The first-order valence-electron chi connectivity index (χ1n) is 11.5. The van der Waals surface area contributed by atoms with Gasteiger partial charge in [0.2, 0.25) is 0 Å². The fourth-order valence-electron chi connectivity index (χ4n) is 5.48. The van der Waals surface area contributed by atoms with E-state index in [4.69, 9.17) is 4.74 Å². The van der Waals surface area contributed by atoms with Crippen LogP contribution in [0.25, 0.3) is 10.2 Å². The molecule has 0 saturated heterocycles. The molecule has 1 atom stereocenters. The Morgan fingerprint density at radius 1 is 1.26 bits per heavy atom. The minimum Gasteiger partial charge on any atom is -0.383 e. The van der Waals surface area contributed by atoms with Crippen LogP contribution in [0.15, 0.2) is 41.5 Å². The van der Waals surface area contributed by atoms with Crippen molar-refractivity contribution in [2.24, 2.45) is 0 Å². The number of nitrogens with zero attached hydrogens (tertiary/aromatic N) is 2. The monoisotopic (exact) mass is 437 g/mol. The summed E-state index contributed by atoms with van der Waals surface area (Å²) in [5, 5.41) is 4.77. The number of rotatable bonds is 7. The summed E-state index contributed by atoms with van der Waals surface area (Å²) < 4.78 is 6.82. The van der Waals surface area contributed by atoms with Crippen molar-refractivity contribution in [1.29, 1.82) is 0 Å². The van der Waals surface area contributed by atoms with Crippen molar-refractivity contribution in [2.45, 2.75) is 62.9 Å². The molecule has 2 aliphatic rings. The molecule has 6 heteroatoms. The smallest absolute Gasteiger partial charge is 0.262 e. The number of ether oxygens (including phenoxy) is 1. The van der Waals surface area contributed by atoms with Crippen LogP contribution in [0.3, 0.4) is 0 Å². The van der Waals surface area contributed by atoms with Crippen molar-refractivity contribution in [1.82, 2.24) is 14.9 Å². The third kappa shape index (κ3) is 3.97. The minimum atomic E-state index is 0.0833. The lowest BCUT2D eigenvalue weighted by atomic mass is 9.78. The van der Waals surface area contributed by atoms with Crippen LogP contribution in [0.2, 0.25) is 0 Å². The highest BCUT2D eigenvalue weighted by Gasteiger charge is 2.36. The molecular weight excluding hydrogens is 406 g/mol. The summed E-state index contributed by atoms with van der Waals surface area (Å²) in [5.74, 6) is 0. The Morgan fingerprint density at radius 3 is 2.84 bits per heavy atom. The first-order valence-corrected chi connectivity index (χ1v) is 12.3. The zero-order valence-electron chi connectivity index (χ0n) is 18.2. The van der Waals surface area contributed by atoms with Gasteiger partial charge >= 0.3 is 0 Å². The van der Waals surface area contributed by atoms with Crippen molar-refractivity contribution >= 4 is 21.6 Å². The number of fused-ring (bicyclic) bond motifs is 3. The van der Waals surface area contributed by atoms with E-state index in [0.717, 1.165) is 36.0 Å². The third-order valence-electron chi connectivity index (χ3n) is 7.25. The highest BCUT2D eigenvalue weighted by molar-refractivity contribution is 7.18. The fourth-order valence-corrected chi connectivity index (χ4v) is 6.73. The molecule has 2 aromatic heterocycles. The van der Waals surface area contributed by atoms with Gasteiger partial charge in [-0.3, -0.25) is 9.36 Å². The number of thiophene rings is 1. The number of methoxy groups -OCH3 is 1. The molecule has 1 fully saturated rings. The first kappa shape index (κ1) is 20.9. The normalized spacial score (nSPS) is 20.2.